The number of carbonyl (C=O) groups excluding carboxylic acids is 1. The van der Waals surface area contributed by atoms with Gasteiger partial charge >= 0.3 is 0 Å². The summed E-state index contributed by atoms with van der Waals surface area (Å²) in [6.07, 6.45) is 4.64. The molecule has 0 atom stereocenters. The van der Waals surface area contributed by atoms with Crippen molar-refractivity contribution < 1.29 is 14.3 Å². The van der Waals surface area contributed by atoms with Gasteiger partial charge in [-0.25, -0.2) is 4.98 Å². The van der Waals surface area contributed by atoms with Crippen molar-refractivity contribution in [3.8, 4) is 11.5 Å². The van der Waals surface area contributed by atoms with E-state index in [0.717, 1.165) is 35.5 Å². The maximum atomic E-state index is 12.7. The third-order valence-corrected chi connectivity index (χ3v) is 4.98. The van der Waals surface area contributed by atoms with Gasteiger partial charge in [0, 0.05) is 30.3 Å². The molecular formula is C21H23N3O3. The van der Waals surface area contributed by atoms with E-state index in [-0.39, 0.29) is 5.91 Å². The summed E-state index contributed by atoms with van der Waals surface area (Å²) in [5.74, 6) is 2.08. The van der Waals surface area contributed by atoms with Crippen molar-refractivity contribution in [2.75, 3.05) is 19.5 Å². The zero-order chi connectivity index (χ0) is 18.8. The fourth-order valence-electron chi connectivity index (χ4n) is 3.57. The number of imidazole rings is 1. The Kier molecular flexibility index (Phi) is 4.71. The Balaban J connectivity index is 1.61. The Morgan fingerprint density at radius 3 is 2.56 bits per heavy atom. The third kappa shape index (κ3) is 3.47. The number of aryl methyl sites for hydroxylation is 2. The maximum absolute atomic E-state index is 12.7. The summed E-state index contributed by atoms with van der Waals surface area (Å²) in [6.45, 7) is 1.02. The number of ether oxygens (including phenoxy) is 2. The molecule has 0 saturated heterocycles. The topological polar surface area (TPSA) is 65.4 Å². The summed E-state index contributed by atoms with van der Waals surface area (Å²) in [7, 11) is 3.13. The van der Waals surface area contributed by atoms with Crippen LogP contribution in [0, 0.1) is 0 Å². The first-order chi connectivity index (χ1) is 13.2. The summed E-state index contributed by atoms with van der Waals surface area (Å²) >= 11 is 0. The quantitative estimate of drug-likeness (QED) is 0.758. The number of fused-ring (bicyclic) bond motifs is 3. The monoisotopic (exact) mass is 365 g/mol. The van der Waals surface area contributed by atoms with Crippen molar-refractivity contribution in [1.82, 2.24) is 9.55 Å². The Morgan fingerprint density at radius 2 is 1.81 bits per heavy atom. The Labute approximate surface area is 158 Å². The number of aromatic nitrogens is 2. The van der Waals surface area contributed by atoms with Gasteiger partial charge in [-0.1, -0.05) is 6.42 Å². The predicted molar refractivity (Wildman–Crippen MR) is 105 cm³/mol. The first-order valence-electron chi connectivity index (χ1n) is 9.21. The van der Waals surface area contributed by atoms with Crippen LogP contribution < -0.4 is 14.8 Å². The van der Waals surface area contributed by atoms with E-state index in [4.69, 9.17) is 14.5 Å². The molecule has 0 unspecified atom stereocenters. The average molecular weight is 365 g/mol. The molecule has 140 valence electrons. The first-order valence-corrected chi connectivity index (χ1v) is 9.21. The van der Waals surface area contributed by atoms with E-state index in [0.29, 0.717) is 17.1 Å². The van der Waals surface area contributed by atoms with Gasteiger partial charge in [0.1, 0.15) is 17.3 Å². The number of methoxy groups -OCH3 is 2. The molecule has 0 saturated carbocycles. The van der Waals surface area contributed by atoms with Crippen molar-refractivity contribution in [2.24, 2.45) is 0 Å². The van der Waals surface area contributed by atoms with Gasteiger partial charge in [-0.15, -0.1) is 0 Å². The number of hydrogen-bond donors (Lipinski definition) is 1. The van der Waals surface area contributed by atoms with Crippen LogP contribution >= 0.6 is 0 Å². The molecule has 0 bridgehead atoms. The molecule has 2 heterocycles. The van der Waals surface area contributed by atoms with Crippen LogP contribution in [0.1, 0.15) is 35.4 Å². The van der Waals surface area contributed by atoms with Crippen LogP contribution in [0.2, 0.25) is 0 Å². The first kappa shape index (κ1) is 17.4. The molecule has 1 aromatic heterocycles. The van der Waals surface area contributed by atoms with E-state index < -0.39 is 0 Å². The van der Waals surface area contributed by atoms with E-state index in [2.05, 4.69) is 9.88 Å². The summed E-state index contributed by atoms with van der Waals surface area (Å²) in [5.41, 5.74) is 3.26. The van der Waals surface area contributed by atoms with Gasteiger partial charge in [0.2, 0.25) is 0 Å². The van der Waals surface area contributed by atoms with E-state index in [1.165, 1.54) is 19.3 Å². The van der Waals surface area contributed by atoms with Crippen molar-refractivity contribution in [3.05, 3.63) is 47.8 Å². The lowest BCUT2D eigenvalue weighted by atomic mass is 10.1. The molecule has 4 rings (SSSR count). The van der Waals surface area contributed by atoms with Crippen LogP contribution in [0.15, 0.2) is 36.4 Å². The zero-order valence-electron chi connectivity index (χ0n) is 15.6. The molecule has 0 spiro atoms. The minimum atomic E-state index is -0.215. The Bertz CT molecular complexity index is 971. The lowest BCUT2D eigenvalue weighted by molar-refractivity contribution is 0.102. The van der Waals surface area contributed by atoms with Gasteiger partial charge in [-0.3, -0.25) is 4.79 Å². The second-order valence-electron chi connectivity index (χ2n) is 6.75. The van der Waals surface area contributed by atoms with E-state index in [1.807, 2.05) is 18.2 Å². The molecule has 1 N–H and O–H groups in total. The molecule has 6 nitrogen and oxygen atoms in total. The molecule has 6 heteroatoms. The number of hydrogen-bond acceptors (Lipinski definition) is 4. The van der Waals surface area contributed by atoms with E-state index in [9.17, 15) is 4.79 Å². The van der Waals surface area contributed by atoms with Crippen LogP contribution in [-0.2, 0) is 13.0 Å². The highest BCUT2D eigenvalue weighted by Crippen LogP contribution is 2.26. The van der Waals surface area contributed by atoms with Gasteiger partial charge in [0.05, 0.1) is 25.3 Å². The predicted octanol–water partition coefficient (Wildman–Crippen LogP) is 4.03. The van der Waals surface area contributed by atoms with Gasteiger partial charge in [-0.05, 0) is 43.2 Å². The van der Waals surface area contributed by atoms with Gasteiger partial charge < -0.3 is 19.4 Å². The Hall–Kier alpha value is -3.02. The molecule has 3 aromatic rings. The summed E-state index contributed by atoms with van der Waals surface area (Å²) in [5, 5.41) is 2.95. The van der Waals surface area contributed by atoms with E-state index >= 15 is 0 Å². The highest BCUT2D eigenvalue weighted by molar-refractivity contribution is 6.05. The van der Waals surface area contributed by atoms with Gasteiger partial charge in [0.15, 0.2) is 0 Å². The standard InChI is InChI=1S/C21H23N3O3/c1-26-16-10-14(11-17(13-16)27-2)21(25)22-15-7-8-19-18(12-15)23-20-6-4-3-5-9-24(19)20/h7-8,10-13H,3-6,9H2,1-2H3,(H,22,25). The second-order valence-corrected chi connectivity index (χ2v) is 6.75. The van der Waals surface area contributed by atoms with Gasteiger partial charge in [-0.2, -0.15) is 0 Å². The summed E-state index contributed by atoms with van der Waals surface area (Å²) in [4.78, 5) is 17.5. The number of carbonyl (C=O) groups is 1. The lowest BCUT2D eigenvalue weighted by Gasteiger charge is -2.09. The highest BCUT2D eigenvalue weighted by atomic mass is 16.5. The molecule has 1 aliphatic heterocycles. The van der Waals surface area contributed by atoms with Crippen LogP contribution in [0.25, 0.3) is 11.0 Å². The average Bonchev–Trinajstić information content (AvgIpc) is 2.87. The minimum absolute atomic E-state index is 0.215. The summed E-state index contributed by atoms with van der Waals surface area (Å²) < 4.78 is 12.8. The molecule has 0 fully saturated rings. The van der Waals surface area contributed by atoms with E-state index in [1.54, 1.807) is 32.4 Å². The van der Waals surface area contributed by atoms with Crippen LogP contribution in [0.5, 0.6) is 11.5 Å². The molecule has 1 amide bonds. The number of anilines is 1. The van der Waals surface area contributed by atoms with Crippen molar-refractivity contribution in [1.29, 1.82) is 0 Å². The van der Waals surface area contributed by atoms with Crippen LogP contribution in [0.4, 0.5) is 5.69 Å². The molecule has 27 heavy (non-hydrogen) atoms. The molecule has 2 aromatic carbocycles. The maximum Gasteiger partial charge on any atom is 0.255 e. The van der Waals surface area contributed by atoms with Crippen LogP contribution in [-0.4, -0.2) is 29.7 Å². The second kappa shape index (κ2) is 7.31. The number of nitrogens with one attached hydrogen (secondary N) is 1. The van der Waals surface area contributed by atoms with Gasteiger partial charge in [0.25, 0.3) is 5.91 Å². The molecule has 0 radical (unpaired) electrons. The largest absolute Gasteiger partial charge is 0.497 e. The highest BCUT2D eigenvalue weighted by Gasteiger charge is 2.15. The lowest BCUT2D eigenvalue weighted by Crippen LogP contribution is -2.12. The molecular weight excluding hydrogens is 342 g/mol. The fraction of sp³-hybridized carbons (Fsp3) is 0.333. The minimum Gasteiger partial charge on any atom is -0.497 e. The van der Waals surface area contributed by atoms with Crippen LogP contribution in [0.3, 0.4) is 0 Å². The Morgan fingerprint density at radius 1 is 1.04 bits per heavy atom. The number of benzene rings is 2. The van der Waals surface area contributed by atoms with Crippen molar-refractivity contribution in [2.45, 2.75) is 32.2 Å². The van der Waals surface area contributed by atoms with Crippen molar-refractivity contribution in [3.63, 3.8) is 0 Å². The fourth-order valence-corrected chi connectivity index (χ4v) is 3.57. The number of nitrogens with zero attached hydrogens (tertiary/aromatic N) is 2. The molecule has 1 aliphatic rings. The summed E-state index contributed by atoms with van der Waals surface area (Å²) in [6, 6.07) is 11.0. The smallest absolute Gasteiger partial charge is 0.255 e. The normalized spacial score (nSPS) is 13.7. The zero-order valence-corrected chi connectivity index (χ0v) is 15.6. The van der Waals surface area contributed by atoms with Crippen molar-refractivity contribution >= 4 is 22.6 Å². The molecule has 0 aliphatic carbocycles. The third-order valence-electron chi connectivity index (χ3n) is 4.98. The SMILES string of the molecule is COc1cc(OC)cc(C(=O)Nc2ccc3c(c2)nc2n3CCCCC2)c1. The number of rotatable bonds is 4. The number of amides is 1.